The number of carbonyl (C=O) groups excluding carboxylic acids is 2. The fraction of sp³-hybridized carbons (Fsp3) is 0.375. The average molecular weight is 346 g/mol. The summed E-state index contributed by atoms with van der Waals surface area (Å²) in [5.74, 6) is -1.16. The number of benzene rings is 1. The molecular weight excluding hydrogens is 327 g/mol. The van der Waals surface area contributed by atoms with Crippen LogP contribution in [0.3, 0.4) is 0 Å². The van der Waals surface area contributed by atoms with E-state index >= 15 is 0 Å². The van der Waals surface area contributed by atoms with Crippen LogP contribution in [0, 0.1) is 5.82 Å². The Balaban J connectivity index is 1.73. The smallest absolute Gasteiger partial charge is 0.277 e. The standard InChI is InChI=1S/C16H19FN6O2/c1-22(2)14(24)9-23-8-13(20-21-23)16(25)19-12-4-3-10-7-18-6-5-11(10)15(12)17/h3-4,8,18H,5-7,9H2,1-2H3,(H,19,25). The van der Waals surface area contributed by atoms with Crippen LogP contribution in [0.4, 0.5) is 10.1 Å². The molecule has 0 aliphatic carbocycles. The molecular formula is C16H19FN6O2. The summed E-state index contributed by atoms with van der Waals surface area (Å²) < 4.78 is 15.8. The number of hydrogen-bond acceptors (Lipinski definition) is 5. The zero-order valence-electron chi connectivity index (χ0n) is 14.0. The van der Waals surface area contributed by atoms with Crippen LogP contribution in [0.2, 0.25) is 0 Å². The highest BCUT2D eigenvalue weighted by molar-refractivity contribution is 6.02. The summed E-state index contributed by atoms with van der Waals surface area (Å²) >= 11 is 0. The molecule has 0 atom stereocenters. The lowest BCUT2D eigenvalue weighted by Gasteiger charge is -2.19. The van der Waals surface area contributed by atoms with Gasteiger partial charge in [-0.05, 0) is 30.2 Å². The number of nitrogens with one attached hydrogen (secondary N) is 2. The van der Waals surface area contributed by atoms with Gasteiger partial charge in [-0.1, -0.05) is 11.3 Å². The Morgan fingerprint density at radius 2 is 2.20 bits per heavy atom. The minimum Gasteiger partial charge on any atom is -0.347 e. The van der Waals surface area contributed by atoms with E-state index in [2.05, 4.69) is 20.9 Å². The van der Waals surface area contributed by atoms with Crippen LogP contribution >= 0.6 is 0 Å². The van der Waals surface area contributed by atoms with Crippen LogP contribution in [0.1, 0.15) is 21.6 Å². The van der Waals surface area contributed by atoms with Crippen LogP contribution in [0.25, 0.3) is 0 Å². The van der Waals surface area contributed by atoms with E-state index in [1.165, 1.54) is 15.8 Å². The van der Waals surface area contributed by atoms with Crippen molar-refractivity contribution >= 4 is 17.5 Å². The highest BCUT2D eigenvalue weighted by Crippen LogP contribution is 2.24. The molecule has 132 valence electrons. The first-order valence-corrected chi connectivity index (χ1v) is 7.88. The third kappa shape index (κ3) is 3.66. The summed E-state index contributed by atoms with van der Waals surface area (Å²) in [4.78, 5) is 25.3. The number of amides is 2. The lowest BCUT2D eigenvalue weighted by molar-refractivity contribution is -0.129. The van der Waals surface area contributed by atoms with E-state index in [1.807, 2.05) is 0 Å². The number of anilines is 1. The Bertz CT molecular complexity index is 817. The maximum atomic E-state index is 14.6. The van der Waals surface area contributed by atoms with Gasteiger partial charge < -0.3 is 15.5 Å². The van der Waals surface area contributed by atoms with Gasteiger partial charge in [-0.3, -0.25) is 9.59 Å². The van der Waals surface area contributed by atoms with Crippen molar-refractivity contribution in [2.24, 2.45) is 0 Å². The first kappa shape index (κ1) is 17.0. The molecule has 0 bridgehead atoms. The minimum atomic E-state index is -0.573. The van der Waals surface area contributed by atoms with Gasteiger partial charge in [0.05, 0.1) is 11.9 Å². The molecule has 1 aromatic carbocycles. The number of nitrogens with zero attached hydrogens (tertiary/aromatic N) is 4. The van der Waals surface area contributed by atoms with Gasteiger partial charge in [0.15, 0.2) is 5.69 Å². The molecule has 3 rings (SSSR count). The Kier molecular flexibility index (Phi) is 4.75. The lowest BCUT2D eigenvalue weighted by Crippen LogP contribution is -2.26. The minimum absolute atomic E-state index is 0.0188. The Morgan fingerprint density at radius 1 is 1.40 bits per heavy atom. The molecule has 8 nitrogen and oxygen atoms in total. The van der Waals surface area contributed by atoms with Crippen molar-refractivity contribution in [1.82, 2.24) is 25.2 Å². The highest BCUT2D eigenvalue weighted by Gasteiger charge is 2.19. The third-order valence-corrected chi connectivity index (χ3v) is 4.02. The SMILES string of the molecule is CN(C)C(=O)Cn1cc(C(=O)Nc2ccc3c(c2F)CCNC3)nn1. The van der Waals surface area contributed by atoms with Crippen LogP contribution in [-0.2, 0) is 24.3 Å². The van der Waals surface area contributed by atoms with Gasteiger partial charge in [0, 0.05) is 20.6 Å². The van der Waals surface area contributed by atoms with Gasteiger partial charge in [-0.2, -0.15) is 0 Å². The molecule has 2 aromatic rings. The van der Waals surface area contributed by atoms with Gasteiger partial charge >= 0.3 is 0 Å². The number of rotatable bonds is 4. The number of carbonyl (C=O) groups is 2. The second-order valence-electron chi connectivity index (χ2n) is 6.04. The summed E-state index contributed by atoms with van der Waals surface area (Å²) in [6.07, 6.45) is 1.94. The molecule has 2 amide bonds. The quantitative estimate of drug-likeness (QED) is 0.836. The summed E-state index contributed by atoms with van der Waals surface area (Å²) in [5.41, 5.74) is 1.65. The van der Waals surface area contributed by atoms with Gasteiger partial charge in [0.25, 0.3) is 5.91 Å². The Hall–Kier alpha value is -2.81. The Morgan fingerprint density at radius 3 is 2.96 bits per heavy atom. The molecule has 25 heavy (non-hydrogen) atoms. The monoisotopic (exact) mass is 346 g/mol. The van der Waals surface area contributed by atoms with Crippen molar-refractivity contribution in [3.8, 4) is 0 Å². The summed E-state index contributed by atoms with van der Waals surface area (Å²) in [5, 5.41) is 13.2. The van der Waals surface area contributed by atoms with Crippen LogP contribution in [0.5, 0.6) is 0 Å². The van der Waals surface area contributed by atoms with E-state index in [0.29, 0.717) is 25.1 Å². The lowest BCUT2D eigenvalue weighted by atomic mass is 9.99. The van der Waals surface area contributed by atoms with Crippen LogP contribution < -0.4 is 10.6 Å². The zero-order chi connectivity index (χ0) is 18.0. The molecule has 0 radical (unpaired) electrons. The van der Waals surface area contributed by atoms with Gasteiger partial charge in [0.1, 0.15) is 12.4 Å². The van der Waals surface area contributed by atoms with E-state index < -0.39 is 11.7 Å². The molecule has 2 N–H and O–H groups in total. The summed E-state index contributed by atoms with van der Waals surface area (Å²) in [7, 11) is 3.25. The highest BCUT2D eigenvalue weighted by atomic mass is 19.1. The summed E-state index contributed by atoms with van der Waals surface area (Å²) in [6.45, 7) is 1.30. The van der Waals surface area contributed by atoms with Crippen molar-refractivity contribution in [3.05, 3.63) is 41.0 Å². The first-order valence-electron chi connectivity index (χ1n) is 7.88. The number of likely N-dealkylation sites (N-methyl/N-ethyl adjacent to an activating group) is 1. The maximum absolute atomic E-state index is 14.6. The van der Waals surface area contributed by atoms with E-state index in [-0.39, 0.29) is 23.8 Å². The van der Waals surface area contributed by atoms with E-state index in [0.717, 1.165) is 5.56 Å². The van der Waals surface area contributed by atoms with Crippen molar-refractivity contribution < 1.29 is 14.0 Å². The molecule has 9 heteroatoms. The van der Waals surface area contributed by atoms with Crippen molar-refractivity contribution in [3.63, 3.8) is 0 Å². The molecule has 0 spiro atoms. The van der Waals surface area contributed by atoms with Crippen LogP contribution in [0.15, 0.2) is 18.3 Å². The topological polar surface area (TPSA) is 92.2 Å². The molecule has 1 aliphatic heterocycles. The van der Waals surface area contributed by atoms with E-state index in [1.54, 1.807) is 26.2 Å². The van der Waals surface area contributed by atoms with E-state index in [9.17, 15) is 14.0 Å². The predicted molar refractivity (Wildman–Crippen MR) is 88.5 cm³/mol. The summed E-state index contributed by atoms with van der Waals surface area (Å²) in [6, 6.07) is 3.34. The average Bonchev–Trinajstić information content (AvgIpc) is 3.06. The third-order valence-electron chi connectivity index (χ3n) is 4.02. The molecule has 0 fully saturated rings. The number of aromatic nitrogens is 3. The predicted octanol–water partition coefficient (Wildman–Crippen LogP) is 0.403. The maximum Gasteiger partial charge on any atom is 0.277 e. The molecule has 0 unspecified atom stereocenters. The number of hydrogen-bond donors (Lipinski definition) is 2. The van der Waals surface area contributed by atoms with E-state index in [4.69, 9.17) is 0 Å². The van der Waals surface area contributed by atoms with Crippen LogP contribution in [-0.4, -0.2) is 52.3 Å². The number of halogens is 1. The second kappa shape index (κ2) is 6.98. The normalized spacial score (nSPS) is 13.2. The van der Waals surface area contributed by atoms with Crippen molar-refractivity contribution in [1.29, 1.82) is 0 Å². The molecule has 0 saturated carbocycles. The second-order valence-corrected chi connectivity index (χ2v) is 6.04. The fourth-order valence-corrected chi connectivity index (χ4v) is 2.58. The van der Waals surface area contributed by atoms with Crippen molar-refractivity contribution in [2.45, 2.75) is 19.5 Å². The van der Waals surface area contributed by atoms with Gasteiger partial charge in [-0.25, -0.2) is 9.07 Å². The molecule has 0 saturated heterocycles. The zero-order valence-corrected chi connectivity index (χ0v) is 14.0. The molecule has 1 aromatic heterocycles. The largest absolute Gasteiger partial charge is 0.347 e. The van der Waals surface area contributed by atoms with Crippen molar-refractivity contribution in [2.75, 3.05) is 26.0 Å². The Labute approximate surface area is 144 Å². The fourth-order valence-electron chi connectivity index (χ4n) is 2.58. The van der Waals surface area contributed by atoms with Gasteiger partial charge in [-0.15, -0.1) is 5.10 Å². The molecule has 1 aliphatic rings. The van der Waals surface area contributed by atoms with Gasteiger partial charge in [0.2, 0.25) is 5.91 Å². The first-order chi connectivity index (χ1) is 12.0. The number of fused-ring (bicyclic) bond motifs is 1. The molecule has 2 heterocycles.